The largest absolute Gasteiger partial charge is 0.509 e. The predicted octanol–water partition coefficient (Wildman–Crippen LogP) is 5.77. The molecule has 7 heteroatoms. The number of hydrogen-bond donors (Lipinski definition) is 0. The van der Waals surface area contributed by atoms with Crippen LogP contribution in [-0.4, -0.2) is 43.5 Å². The van der Waals surface area contributed by atoms with Crippen molar-refractivity contribution in [3.8, 4) is 0 Å². The predicted molar refractivity (Wildman–Crippen MR) is 119 cm³/mol. The molecule has 166 valence electrons. The molecule has 1 amide bonds. The fourth-order valence-electron chi connectivity index (χ4n) is 3.66. The number of carbonyl (C=O) groups is 2. The Morgan fingerprint density at radius 2 is 1.61 bits per heavy atom. The van der Waals surface area contributed by atoms with Gasteiger partial charge in [0.2, 0.25) is 0 Å². The number of carbonyl (C=O) groups excluding carboxylic acids is 2. The Labute approximate surface area is 187 Å². The van der Waals surface area contributed by atoms with Crippen LogP contribution in [0.3, 0.4) is 0 Å². The maximum atomic E-state index is 12.4. The molecule has 1 aliphatic rings. The van der Waals surface area contributed by atoms with Gasteiger partial charge >= 0.3 is 12.2 Å². The fourth-order valence-corrected chi connectivity index (χ4v) is 4.70. The van der Waals surface area contributed by atoms with E-state index in [0.29, 0.717) is 32.5 Å². The third-order valence-corrected chi connectivity index (χ3v) is 6.35. The average molecular weight is 444 g/mol. The zero-order valence-corrected chi connectivity index (χ0v) is 19.1. The zero-order valence-electron chi connectivity index (χ0n) is 18.3. The van der Waals surface area contributed by atoms with Crippen molar-refractivity contribution in [2.45, 2.75) is 49.0 Å². The van der Waals surface area contributed by atoms with Crippen LogP contribution in [0.4, 0.5) is 9.59 Å². The number of rotatable bonds is 6. The molecule has 1 heterocycles. The molecular weight excluding hydrogens is 414 g/mol. The van der Waals surface area contributed by atoms with E-state index in [1.165, 1.54) is 5.56 Å². The lowest BCUT2D eigenvalue weighted by Crippen LogP contribution is -2.47. The third-order valence-electron chi connectivity index (χ3n) is 5.26. The first-order chi connectivity index (χ1) is 15.0. The number of hydrogen-bond acceptors (Lipinski definition) is 6. The van der Waals surface area contributed by atoms with E-state index in [0.717, 1.165) is 15.4 Å². The van der Waals surface area contributed by atoms with Crippen LogP contribution in [-0.2, 0) is 19.8 Å². The molecule has 0 aromatic heterocycles. The van der Waals surface area contributed by atoms with Crippen molar-refractivity contribution >= 4 is 24.0 Å². The molecule has 6 nitrogen and oxygen atoms in total. The molecule has 0 N–H and O–H groups in total. The first-order valence-electron chi connectivity index (χ1n) is 10.6. The molecule has 0 bridgehead atoms. The van der Waals surface area contributed by atoms with Crippen molar-refractivity contribution in [2.75, 3.05) is 26.3 Å². The Kier molecular flexibility index (Phi) is 7.85. The highest BCUT2D eigenvalue weighted by molar-refractivity contribution is 7.99. The van der Waals surface area contributed by atoms with Crippen LogP contribution in [0.25, 0.3) is 0 Å². The number of likely N-dealkylation sites (tertiary alicyclic amines) is 1. The van der Waals surface area contributed by atoms with Crippen LogP contribution in [0, 0.1) is 6.92 Å². The number of piperidine rings is 1. The summed E-state index contributed by atoms with van der Waals surface area (Å²) in [7, 11) is 0. The molecule has 0 spiro atoms. The number of amides is 1. The second kappa shape index (κ2) is 10.6. The Morgan fingerprint density at radius 1 is 0.968 bits per heavy atom. The summed E-state index contributed by atoms with van der Waals surface area (Å²) in [6, 6.07) is 16.3. The van der Waals surface area contributed by atoms with Gasteiger partial charge in [0.15, 0.2) is 0 Å². The van der Waals surface area contributed by atoms with E-state index in [1.807, 2.05) is 24.3 Å². The standard InChI is InChI=1S/C24H29NO5S/c1-4-28-22(26)25-16-14-24(15-17-25,30-23(27)29-5-2)20-8-6-7-9-21(20)31-19-12-10-18(3)11-13-19/h6-13H,4-5,14-17H2,1-3H3. The summed E-state index contributed by atoms with van der Waals surface area (Å²) >= 11 is 1.63. The maximum absolute atomic E-state index is 12.4. The zero-order chi connectivity index (χ0) is 22.3. The molecule has 0 atom stereocenters. The van der Waals surface area contributed by atoms with Crippen LogP contribution in [0.5, 0.6) is 0 Å². The Balaban J connectivity index is 1.90. The summed E-state index contributed by atoms with van der Waals surface area (Å²) in [6.45, 7) is 7.03. The van der Waals surface area contributed by atoms with Gasteiger partial charge in [-0.05, 0) is 39.0 Å². The monoisotopic (exact) mass is 443 g/mol. The number of benzene rings is 2. The molecule has 1 fully saturated rings. The van der Waals surface area contributed by atoms with Crippen molar-refractivity contribution in [1.82, 2.24) is 4.90 Å². The third kappa shape index (κ3) is 5.73. The highest BCUT2D eigenvalue weighted by Gasteiger charge is 2.43. The second-order valence-corrected chi connectivity index (χ2v) is 8.49. The van der Waals surface area contributed by atoms with Crippen molar-refractivity contribution in [3.63, 3.8) is 0 Å². The van der Waals surface area contributed by atoms with Crippen LogP contribution < -0.4 is 0 Å². The molecule has 31 heavy (non-hydrogen) atoms. The van der Waals surface area contributed by atoms with E-state index in [1.54, 1.807) is 30.5 Å². The topological polar surface area (TPSA) is 65.1 Å². The molecule has 0 radical (unpaired) electrons. The fraction of sp³-hybridized carbons (Fsp3) is 0.417. The van der Waals surface area contributed by atoms with Crippen molar-refractivity contribution in [1.29, 1.82) is 0 Å². The van der Waals surface area contributed by atoms with E-state index in [2.05, 4.69) is 31.2 Å². The van der Waals surface area contributed by atoms with Gasteiger partial charge in [-0.15, -0.1) is 0 Å². The molecule has 0 unspecified atom stereocenters. The lowest BCUT2D eigenvalue weighted by molar-refractivity contribution is -0.0700. The second-order valence-electron chi connectivity index (χ2n) is 7.38. The smallest absolute Gasteiger partial charge is 0.450 e. The van der Waals surface area contributed by atoms with Gasteiger partial charge in [-0.3, -0.25) is 0 Å². The highest BCUT2D eigenvalue weighted by Crippen LogP contribution is 2.43. The quantitative estimate of drug-likeness (QED) is 0.528. The summed E-state index contributed by atoms with van der Waals surface area (Å²) in [5, 5.41) is 0. The van der Waals surface area contributed by atoms with Gasteiger partial charge in [0.1, 0.15) is 5.60 Å². The first-order valence-corrected chi connectivity index (χ1v) is 11.4. The van der Waals surface area contributed by atoms with E-state index < -0.39 is 11.8 Å². The summed E-state index contributed by atoms with van der Waals surface area (Å²) in [4.78, 5) is 28.3. The Bertz CT molecular complexity index is 891. The van der Waals surface area contributed by atoms with Crippen molar-refractivity contribution < 1.29 is 23.8 Å². The molecule has 1 saturated heterocycles. The van der Waals surface area contributed by atoms with Crippen LogP contribution in [0.2, 0.25) is 0 Å². The van der Waals surface area contributed by atoms with Gasteiger partial charge in [0.05, 0.1) is 13.2 Å². The van der Waals surface area contributed by atoms with E-state index >= 15 is 0 Å². The summed E-state index contributed by atoms with van der Waals surface area (Å²) in [6.07, 6.45) is -0.0941. The molecule has 1 aliphatic heterocycles. The van der Waals surface area contributed by atoms with Crippen LogP contribution in [0.1, 0.15) is 37.8 Å². The van der Waals surface area contributed by atoms with Gasteiger partial charge in [0, 0.05) is 41.3 Å². The number of aryl methyl sites for hydroxylation is 1. The SMILES string of the molecule is CCOC(=O)OC1(c2ccccc2Sc2ccc(C)cc2)CCN(C(=O)OCC)CC1. The van der Waals surface area contributed by atoms with Crippen LogP contribution in [0.15, 0.2) is 58.3 Å². The first kappa shape index (κ1) is 23.0. The minimum Gasteiger partial charge on any atom is -0.450 e. The van der Waals surface area contributed by atoms with Gasteiger partial charge in [-0.2, -0.15) is 0 Å². The van der Waals surface area contributed by atoms with E-state index in [9.17, 15) is 9.59 Å². The normalized spacial score (nSPS) is 15.3. The minimum absolute atomic E-state index is 0.240. The van der Waals surface area contributed by atoms with Gasteiger partial charge in [-0.25, -0.2) is 9.59 Å². The summed E-state index contributed by atoms with van der Waals surface area (Å²) < 4.78 is 16.2. The minimum atomic E-state index is -0.871. The average Bonchev–Trinajstić information content (AvgIpc) is 2.76. The van der Waals surface area contributed by atoms with Crippen molar-refractivity contribution in [3.05, 3.63) is 59.7 Å². The molecule has 0 aliphatic carbocycles. The van der Waals surface area contributed by atoms with Crippen LogP contribution >= 0.6 is 11.8 Å². The number of nitrogens with zero attached hydrogens (tertiary/aromatic N) is 1. The summed E-state index contributed by atoms with van der Waals surface area (Å²) in [5.74, 6) is 0. The lowest BCUT2D eigenvalue weighted by Gasteiger charge is -2.41. The van der Waals surface area contributed by atoms with Gasteiger partial charge in [0.25, 0.3) is 0 Å². The molecule has 3 rings (SSSR count). The molecular formula is C24H29NO5S. The van der Waals surface area contributed by atoms with Gasteiger partial charge in [-0.1, -0.05) is 47.7 Å². The van der Waals surface area contributed by atoms with Crippen molar-refractivity contribution in [2.24, 2.45) is 0 Å². The Morgan fingerprint density at radius 3 is 2.26 bits per heavy atom. The molecule has 2 aromatic carbocycles. The van der Waals surface area contributed by atoms with Gasteiger partial charge < -0.3 is 19.1 Å². The molecule has 0 saturated carbocycles. The highest BCUT2D eigenvalue weighted by atomic mass is 32.2. The maximum Gasteiger partial charge on any atom is 0.509 e. The Hall–Kier alpha value is -2.67. The van der Waals surface area contributed by atoms with E-state index in [4.69, 9.17) is 14.2 Å². The number of ether oxygens (including phenoxy) is 3. The molecule has 2 aromatic rings. The summed E-state index contributed by atoms with van der Waals surface area (Å²) in [5.41, 5.74) is 1.26. The van der Waals surface area contributed by atoms with E-state index in [-0.39, 0.29) is 12.7 Å². The lowest BCUT2D eigenvalue weighted by atomic mass is 9.84.